The normalized spacial score (nSPS) is 21.8. The molecular weight excluding hydrogens is 377 g/mol. The van der Waals surface area contributed by atoms with E-state index in [1.165, 1.54) is 0 Å². The van der Waals surface area contributed by atoms with Crippen LogP contribution in [0.5, 0.6) is 5.75 Å². The lowest BCUT2D eigenvalue weighted by Gasteiger charge is -2.31. The fourth-order valence-electron chi connectivity index (χ4n) is 2.81. The van der Waals surface area contributed by atoms with Crippen LogP contribution in [0, 0.1) is 5.92 Å². The zero-order valence-corrected chi connectivity index (χ0v) is 15.4. The smallest absolute Gasteiger partial charge is 0.239 e. The first kappa shape index (κ1) is 21.1. The summed E-state index contributed by atoms with van der Waals surface area (Å²) in [6, 6.07) is 5.41. The lowest BCUT2D eigenvalue weighted by Crippen LogP contribution is -2.43. The molecule has 0 bridgehead atoms. The highest BCUT2D eigenvalue weighted by Crippen LogP contribution is 2.33. The van der Waals surface area contributed by atoms with Gasteiger partial charge < -0.3 is 25.4 Å². The average molecular weight is 399 g/mol. The van der Waals surface area contributed by atoms with E-state index in [1.54, 1.807) is 6.07 Å². The van der Waals surface area contributed by atoms with Crippen LogP contribution in [0.15, 0.2) is 18.2 Å². The van der Waals surface area contributed by atoms with Crippen LogP contribution < -0.4 is 20.3 Å². The van der Waals surface area contributed by atoms with Gasteiger partial charge in [-0.2, -0.15) is 0 Å². The number of carbonyl (C=O) groups excluding carboxylic acids is 1. The standard InChI is InChI=1S/C15H20ClN3O3.2ClH/c16-11-1-2-14-12(5-11)19(3-4-22-14)9-15(21)18-7-10-6-17-8-13(10)20;;/h1-2,5,10,13,17,20H,3-4,6-9H2,(H,18,21);2*1H. The zero-order valence-electron chi connectivity index (χ0n) is 13.0. The van der Waals surface area contributed by atoms with E-state index in [2.05, 4.69) is 10.6 Å². The van der Waals surface area contributed by atoms with E-state index in [9.17, 15) is 9.90 Å². The summed E-state index contributed by atoms with van der Waals surface area (Å²) in [6.07, 6.45) is -0.386. The number of rotatable bonds is 4. The van der Waals surface area contributed by atoms with Crippen molar-refractivity contribution in [1.82, 2.24) is 10.6 Å². The molecular formula is C15H22Cl3N3O3. The molecule has 0 aliphatic carbocycles. The minimum Gasteiger partial charge on any atom is -0.490 e. The van der Waals surface area contributed by atoms with Gasteiger partial charge in [-0.15, -0.1) is 24.8 Å². The highest BCUT2D eigenvalue weighted by Gasteiger charge is 2.26. The van der Waals surface area contributed by atoms with Gasteiger partial charge in [0.1, 0.15) is 12.4 Å². The summed E-state index contributed by atoms with van der Waals surface area (Å²) in [5, 5.41) is 16.3. The first-order valence-electron chi connectivity index (χ1n) is 7.46. The molecule has 1 aromatic rings. The van der Waals surface area contributed by atoms with E-state index in [0.717, 1.165) is 18.0 Å². The van der Waals surface area contributed by atoms with Gasteiger partial charge >= 0.3 is 0 Å². The number of hydrogen-bond acceptors (Lipinski definition) is 5. The van der Waals surface area contributed by atoms with Crippen LogP contribution in [0.2, 0.25) is 5.02 Å². The number of β-amino-alcohol motifs (C(OH)–C–C–N with tert-alkyl or cyclic N) is 1. The largest absolute Gasteiger partial charge is 0.490 e. The Kier molecular flexibility index (Phi) is 8.39. The van der Waals surface area contributed by atoms with Crippen molar-refractivity contribution in [2.24, 2.45) is 5.92 Å². The van der Waals surface area contributed by atoms with Crippen molar-refractivity contribution in [1.29, 1.82) is 0 Å². The van der Waals surface area contributed by atoms with Crippen molar-refractivity contribution < 1.29 is 14.6 Å². The van der Waals surface area contributed by atoms with Gasteiger partial charge in [0.15, 0.2) is 0 Å². The summed E-state index contributed by atoms with van der Waals surface area (Å²) in [7, 11) is 0. The van der Waals surface area contributed by atoms with Crippen LogP contribution in [-0.4, -0.2) is 56.4 Å². The van der Waals surface area contributed by atoms with Crippen molar-refractivity contribution in [2.45, 2.75) is 6.10 Å². The van der Waals surface area contributed by atoms with Crippen LogP contribution in [0.25, 0.3) is 0 Å². The predicted octanol–water partition coefficient (Wildman–Crippen LogP) is 1.08. The van der Waals surface area contributed by atoms with Crippen LogP contribution >= 0.6 is 36.4 Å². The van der Waals surface area contributed by atoms with Crippen molar-refractivity contribution in [2.75, 3.05) is 44.2 Å². The Morgan fingerprint density at radius 2 is 2.21 bits per heavy atom. The molecule has 2 heterocycles. The number of carbonyl (C=O) groups is 1. The number of fused-ring (bicyclic) bond motifs is 1. The molecule has 1 aromatic carbocycles. The van der Waals surface area contributed by atoms with E-state index in [-0.39, 0.29) is 49.3 Å². The number of nitrogens with zero attached hydrogens (tertiary/aromatic N) is 1. The molecule has 136 valence electrons. The molecule has 3 rings (SSSR count). The molecule has 6 nitrogen and oxygen atoms in total. The number of nitrogens with one attached hydrogen (secondary N) is 2. The SMILES string of the molecule is Cl.Cl.O=C(CN1CCOc2ccc(Cl)cc21)NCC1CNCC1O. The van der Waals surface area contributed by atoms with Crippen molar-refractivity contribution in [3.63, 3.8) is 0 Å². The molecule has 1 fully saturated rings. The Balaban J connectivity index is 0.00000144. The third-order valence-electron chi connectivity index (χ3n) is 4.08. The van der Waals surface area contributed by atoms with Crippen molar-refractivity contribution in [3.05, 3.63) is 23.2 Å². The Morgan fingerprint density at radius 1 is 1.42 bits per heavy atom. The van der Waals surface area contributed by atoms with E-state index in [4.69, 9.17) is 16.3 Å². The molecule has 1 amide bonds. The summed E-state index contributed by atoms with van der Waals surface area (Å²) in [4.78, 5) is 14.1. The minimum absolute atomic E-state index is 0. The molecule has 2 unspecified atom stereocenters. The fraction of sp³-hybridized carbons (Fsp3) is 0.533. The third kappa shape index (κ3) is 5.04. The molecule has 2 atom stereocenters. The molecule has 0 radical (unpaired) electrons. The first-order valence-corrected chi connectivity index (χ1v) is 7.84. The van der Waals surface area contributed by atoms with E-state index in [1.807, 2.05) is 17.0 Å². The second-order valence-corrected chi connectivity index (χ2v) is 6.11. The van der Waals surface area contributed by atoms with Crippen LogP contribution in [-0.2, 0) is 4.79 Å². The number of benzene rings is 1. The van der Waals surface area contributed by atoms with Gasteiger partial charge in [-0.3, -0.25) is 4.79 Å². The maximum absolute atomic E-state index is 12.1. The molecule has 9 heteroatoms. The molecule has 2 aliphatic rings. The highest BCUT2D eigenvalue weighted by molar-refractivity contribution is 6.31. The van der Waals surface area contributed by atoms with Crippen LogP contribution in [0.4, 0.5) is 5.69 Å². The fourth-order valence-corrected chi connectivity index (χ4v) is 2.98. The summed E-state index contributed by atoms with van der Waals surface area (Å²) >= 11 is 6.02. The quantitative estimate of drug-likeness (QED) is 0.708. The molecule has 1 saturated heterocycles. The summed E-state index contributed by atoms with van der Waals surface area (Å²) in [5.41, 5.74) is 0.844. The Bertz CT molecular complexity index is 562. The third-order valence-corrected chi connectivity index (χ3v) is 4.32. The second kappa shape index (κ2) is 9.53. The van der Waals surface area contributed by atoms with E-state index in [0.29, 0.717) is 31.3 Å². The van der Waals surface area contributed by atoms with Crippen molar-refractivity contribution in [3.8, 4) is 5.75 Å². The number of anilines is 1. The maximum Gasteiger partial charge on any atom is 0.239 e. The summed E-state index contributed by atoms with van der Waals surface area (Å²) < 4.78 is 5.57. The van der Waals surface area contributed by atoms with Crippen molar-refractivity contribution >= 4 is 48.0 Å². The van der Waals surface area contributed by atoms with Crippen LogP contribution in [0.3, 0.4) is 0 Å². The topological polar surface area (TPSA) is 73.8 Å². The Labute approximate surface area is 158 Å². The molecule has 0 aromatic heterocycles. The van der Waals surface area contributed by atoms with Gasteiger partial charge in [-0.05, 0) is 18.2 Å². The average Bonchev–Trinajstić information content (AvgIpc) is 2.91. The van der Waals surface area contributed by atoms with Gasteiger partial charge in [-0.1, -0.05) is 11.6 Å². The number of halogens is 3. The second-order valence-electron chi connectivity index (χ2n) is 5.67. The Morgan fingerprint density at radius 3 is 2.92 bits per heavy atom. The summed E-state index contributed by atoms with van der Waals surface area (Å²) in [6.45, 7) is 3.27. The Hall–Kier alpha value is -0.920. The number of hydrogen-bond donors (Lipinski definition) is 3. The first-order chi connectivity index (χ1) is 10.6. The maximum atomic E-state index is 12.1. The van der Waals surface area contributed by atoms with Gasteiger partial charge in [0, 0.05) is 30.6 Å². The van der Waals surface area contributed by atoms with Gasteiger partial charge in [-0.25, -0.2) is 0 Å². The number of aliphatic hydroxyl groups excluding tert-OH is 1. The van der Waals surface area contributed by atoms with E-state index < -0.39 is 0 Å². The number of aliphatic hydroxyl groups is 1. The minimum atomic E-state index is -0.386. The summed E-state index contributed by atoms with van der Waals surface area (Å²) in [5.74, 6) is 0.765. The van der Waals surface area contributed by atoms with Gasteiger partial charge in [0.05, 0.1) is 24.9 Å². The lowest BCUT2D eigenvalue weighted by molar-refractivity contribution is -0.120. The van der Waals surface area contributed by atoms with Gasteiger partial charge in [0.2, 0.25) is 5.91 Å². The molecule has 0 spiro atoms. The lowest BCUT2D eigenvalue weighted by atomic mass is 10.1. The van der Waals surface area contributed by atoms with Crippen LogP contribution in [0.1, 0.15) is 0 Å². The molecule has 0 saturated carbocycles. The number of amides is 1. The predicted molar refractivity (Wildman–Crippen MR) is 99.0 cm³/mol. The molecule has 24 heavy (non-hydrogen) atoms. The number of ether oxygens (including phenoxy) is 1. The van der Waals surface area contributed by atoms with Gasteiger partial charge in [0.25, 0.3) is 0 Å². The molecule has 3 N–H and O–H groups in total. The molecule has 2 aliphatic heterocycles. The van der Waals surface area contributed by atoms with E-state index >= 15 is 0 Å². The monoisotopic (exact) mass is 397 g/mol. The highest BCUT2D eigenvalue weighted by atomic mass is 35.5. The zero-order chi connectivity index (χ0) is 15.5.